The first kappa shape index (κ1) is 16.3. The molecule has 7 heteroatoms. The number of aromatic amines is 1. The predicted molar refractivity (Wildman–Crippen MR) is 79.5 cm³/mol. The molecule has 7 nitrogen and oxygen atoms in total. The molecule has 0 fully saturated rings. The van der Waals surface area contributed by atoms with Crippen molar-refractivity contribution in [1.82, 2.24) is 4.98 Å². The quantitative estimate of drug-likeness (QED) is 0.571. The van der Waals surface area contributed by atoms with Gasteiger partial charge in [0.1, 0.15) is 18.1 Å². The lowest BCUT2D eigenvalue weighted by Gasteiger charge is -2.07. The van der Waals surface area contributed by atoms with Gasteiger partial charge in [0.25, 0.3) is 0 Å². The van der Waals surface area contributed by atoms with Crippen LogP contribution in [-0.2, 0) is 9.47 Å². The molecule has 0 saturated carbocycles. The highest BCUT2D eigenvalue weighted by Gasteiger charge is 2.07. The van der Waals surface area contributed by atoms with Crippen LogP contribution < -0.4 is 4.74 Å². The van der Waals surface area contributed by atoms with Gasteiger partial charge in [0.2, 0.25) is 0 Å². The maximum Gasteiger partial charge on any atom is 0.352 e. The second kappa shape index (κ2) is 8.38. The number of fused-ring (bicyclic) bond motifs is 1. The topological polar surface area (TPSA) is 101 Å². The Hall–Kier alpha value is -2.09. The highest BCUT2D eigenvalue weighted by molar-refractivity contribution is 5.94. The number of nitrogens with one attached hydrogen (secondary N) is 1. The SMILES string of the molecule is O=C(O)c1cc2ccc(OCCOCCOCCO)cc2[nH]1. The number of carboxylic acids is 1. The van der Waals surface area contributed by atoms with Gasteiger partial charge in [-0.15, -0.1) is 0 Å². The van der Waals surface area contributed by atoms with Gasteiger partial charge in [-0.3, -0.25) is 0 Å². The minimum absolute atomic E-state index is 0.00786. The Bertz CT molecular complexity index is 609. The molecular weight excluding hydrogens is 290 g/mol. The van der Waals surface area contributed by atoms with E-state index in [0.717, 1.165) is 5.39 Å². The summed E-state index contributed by atoms with van der Waals surface area (Å²) in [5.74, 6) is -0.345. The van der Waals surface area contributed by atoms with Crippen molar-refractivity contribution in [2.75, 3.05) is 39.6 Å². The number of aromatic nitrogens is 1. The van der Waals surface area contributed by atoms with Crippen molar-refractivity contribution in [3.05, 3.63) is 30.0 Å². The number of aromatic carboxylic acids is 1. The Balaban J connectivity index is 1.74. The van der Waals surface area contributed by atoms with Crippen LogP contribution in [0, 0.1) is 0 Å². The van der Waals surface area contributed by atoms with Gasteiger partial charge in [-0.05, 0) is 18.2 Å². The summed E-state index contributed by atoms with van der Waals surface area (Å²) in [4.78, 5) is 13.7. The van der Waals surface area contributed by atoms with E-state index < -0.39 is 5.97 Å². The van der Waals surface area contributed by atoms with Crippen molar-refractivity contribution in [2.45, 2.75) is 0 Å². The zero-order valence-corrected chi connectivity index (χ0v) is 12.1. The van der Waals surface area contributed by atoms with Crippen molar-refractivity contribution in [1.29, 1.82) is 0 Å². The van der Waals surface area contributed by atoms with Crippen LogP contribution in [0.2, 0.25) is 0 Å². The fourth-order valence-corrected chi connectivity index (χ4v) is 1.92. The van der Waals surface area contributed by atoms with Crippen LogP contribution in [-0.4, -0.2) is 60.8 Å². The van der Waals surface area contributed by atoms with Crippen LogP contribution in [0.25, 0.3) is 10.9 Å². The summed E-state index contributed by atoms with van der Waals surface area (Å²) in [5, 5.41) is 18.3. The number of hydrogen-bond donors (Lipinski definition) is 3. The van der Waals surface area contributed by atoms with Gasteiger partial charge in [-0.1, -0.05) is 0 Å². The summed E-state index contributed by atoms with van der Waals surface area (Å²) >= 11 is 0. The Morgan fingerprint density at radius 2 is 1.77 bits per heavy atom. The van der Waals surface area contributed by atoms with Crippen LogP contribution >= 0.6 is 0 Å². The second-order valence-corrected chi connectivity index (χ2v) is 4.53. The van der Waals surface area contributed by atoms with Crippen LogP contribution in [0.15, 0.2) is 24.3 Å². The highest BCUT2D eigenvalue weighted by atomic mass is 16.5. The molecule has 1 aromatic carbocycles. The molecule has 0 radical (unpaired) electrons. The van der Waals surface area contributed by atoms with E-state index in [0.29, 0.717) is 44.3 Å². The molecule has 0 spiro atoms. The summed E-state index contributed by atoms with van der Waals surface area (Å²) < 4.78 is 15.9. The average Bonchev–Trinajstić information content (AvgIpc) is 2.93. The van der Waals surface area contributed by atoms with E-state index in [1.165, 1.54) is 0 Å². The molecule has 3 N–H and O–H groups in total. The molecule has 120 valence electrons. The number of aliphatic hydroxyl groups excluding tert-OH is 1. The number of carboxylic acid groups (broad SMARTS) is 1. The lowest BCUT2D eigenvalue weighted by molar-refractivity contribution is 0.0247. The molecule has 2 rings (SSSR count). The summed E-state index contributed by atoms with van der Waals surface area (Å²) in [7, 11) is 0. The lowest BCUT2D eigenvalue weighted by atomic mass is 10.2. The number of hydrogen-bond acceptors (Lipinski definition) is 5. The maximum absolute atomic E-state index is 10.9. The number of rotatable bonds is 10. The van der Waals surface area contributed by atoms with E-state index >= 15 is 0 Å². The zero-order valence-electron chi connectivity index (χ0n) is 12.1. The molecule has 0 atom stereocenters. The van der Waals surface area contributed by atoms with Crippen molar-refractivity contribution in [3.8, 4) is 5.75 Å². The van der Waals surface area contributed by atoms with E-state index in [1.807, 2.05) is 0 Å². The van der Waals surface area contributed by atoms with Crippen molar-refractivity contribution >= 4 is 16.9 Å². The molecule has 1 heterocycles. The fourth-order valence-electron chi connectivity index (χ4n) is 1.92. The van der Waals surface area contributed by atoms with Gasteiger partial charge in [-0.25, -0.2) is 4.79 Å². The van der Waals surface area contributed by atoms with Crippen molar-refractivity contribution in [2.24, 2.45) is 0 Å². The number of ether oxygens (including phenoxy) is 3. The predicted octanol–water partition coefficient (Wildman–Crippen LogP) is 1.27. The van der Waals surface area contributed by atoms with Crippen LogP contribution in [0.5, 0.6) is 5.75 Å². The molecule has 0 aliphatic heterocycles. The molecule has 2 aromatic rings. The Labute approximate surface area is 127 Å². The van der Waals surface area contributed by atoms with Crippen LogP contribution in [0.1, 0.15) is 10.5 Å². The molecule has 22 heavy (non-hydrogen) atoms. The van der Waals surface area contributed by atoms with Crippen LogP contribution in [0.3, 0.4) is 0 Å². The van der Waals surface area contributed by atoms with Gasteiger partial charge in [0.05, 0.1) is 33.0 Å². The van der Waals surface area contributed by atoms with E-state index in [1.54, 1.807) is 24.3 Å². The average molecular weight is 309 g/mol. The highest BCUT2D eigenvalue weighted by Crippen LogP contribution is 2.21. The lowest BCUT2D eigenvalue weighted by Crippen LogP contribution is -2.11. The third kappa shape index (κ3) is 4.73. The minimum Gasteiger partial charge on any atom is -0.491 e. The molecule has 0 bridgehead atoms. The molecule has 0 unspecified atom stereocenters. The van der Waals surface area contributed by atoms with Gasteiger partial charge in [0.15, 0.2) is 0 Å². The zero-order chi connectivity index (χ0) is 15.8. The first-order valence-electron chi connectivity index (χ1n) is 6.96. The van der Waals surface area contributed by atoms with Crippen LogP contribution in [0.4, 0.5) is 0 Å². The molecular formula is C15H19NO6. The third-order valence-electron chi connectivity index (χ3n) is 2.93. The van der Waals surface area contributed by atoms with E-state index in [2.05, 4.69) is 4.98 Å². The number of H-pyrrole nitrogens is 1. The first-order valence-corrected chi connectivity index (χ1v) is 6.96. The maximum atomic E-state index is 10.9. The van der Waals surface area contributed by atoms with Gasteiger partial charge in [0, 0.05) is 17.0 Å². The Morgan fingerprint density at radius 1 is 1.05 bits per heavy atom. The fraction of sp³-hybridized carbons (Fsp3) is 0.400. The largest absolute Gasteiger partial charge is 0.491 e. The summed E-state index contributed by atoms with van der Waals surface area (Å²) in [6, 6.07) is 6.92. The summed E-state index contributed by atoms with van der Waals surface area (Å²) in [6.07, 6.45) is 0. The Kier molecular flexibility index (Phi) is 6.20. The molecule has 1 aromatic heterocycles. The molecule has 0 aliphatic rings. The normalized spacial score (nSPS) is 11.0. The van der Waals surface area contributed by atoms with Gasteiger partial charge < -0.3 is 29.4 Å². The monoisotopic (exact) mass is 309 g/mol. The van der Waals surface area contributed by atoms with E-state index in [4.69, 9.17) is 24.4 Å². The second-order valence-electron chi connectivity index (χ2n) is 4.53. The van der Waals surface area contributed by atoms with Crippen molar-refractivity contribution < 1.29 is 29.2 Å². The third-order valence-corrected chi connectivity index (χ3v) is 2.93. The smallest absolute Gasteiger partial charge is 0.352 e. The minimum atomic E-state index is -0.990. The van der Waals surface area contributed by atoms with Gasteiger partial charge >= 0.3 is 5.97 Å². The number of aliphatic hydroxyl groups is 1. The number of carbonyl (C=O) groups is 1. The van der Waals surface area contributed by atoms with Crippen molar-refractivity contribution in [3.63, 3.8) is 0 Å². The summed E-state index contributed by atoms with van der Waals surface area (Å²) in [6.45, 7) is 2.01. The Morgan fingerprint density at radius 3 is 2.50 bits per heavy atom. The number of benzene rings is 1. The van der Waals surface area contributed by atoms with Gasteiger partial charge in [-0.2, -0.15) is 0 Å². The van der Waals surface area contributed by atoms with E-state index in [-0.39, 0.29) is 12.3 Å². The first-order chi connectivity index (χ1) is 10.7. The molecule has 0 saturated heterocycles. The standard InChI is InChI=1S/C15H19NO6/c17-3-4-20-5-6-21-7-8-22-12-2-1-11-9-14(15(18)19)16-13(11)10-12/h1-2,9-10,16-17H,3-8H2,(H,18,19). The van der Waals surface area contributed by atoms with E-state index in [9.17, 15) is 4.79 Å². The molecule has 0 aliphatic carbocycles. The summed E-state index contributed by atoms with van der Waals surface area (Å²) in [5.41, 5.74) is 0.867. The molecule has 0 amide bonds.